The van der Waals surface area contributed by atoms with Crippen LogP contribution in [0.4, 0.5) is 5.69 Å². The molecule has 0 saturated carbocycles. The minimum absolute atomic E-state index is 0.0282. The molecule has 116 valence electrons. The Morgan fingerprint density at radius 3 is 2.45 bits per heavy atom. The molecule has 0 saturated heterocycles. The van der Waals surface area contributed by atoms with Gasteiger partial charge in [-0.15, -0.1) is 0 Å². The van der Waals surface area contributed by atoms with E-state index in [2.05, 4.69) is 24.1 Å². The van der Waals surface area contributed by atoms with E-state index >= 15 is 0 Å². The van der Waals surface area contributed by atoms with Gasteiger partial charge in [-0.1, -0.05) is 13.0 Å². The number of hydrogen-bond donors (Lipinski definition) is 2. The van der Waals surface area contributed by atoms with Gasteiger partial charge in [0.05, 0.1) is 4.92 Å². The van der Waals surface area contributed by atoms with E-state index in [4.69, 9.17) is 0 Å². The van der Waals surface area contributed by atoms with E-state index in [1.54, 1.807) is 18.2 Å². The van der Waals surface area contributed by atoms with Gasteiger partial charge in [0.15, 0.2) is 0 Å². The molecule has 1 unspecified atom stereocenters. The zero-order chi connectivity index (χ0) is 16.1. The summed E-state index contributed by atoms with van der Waals surface area (Å²) in [5.74, 6) is 0. The molecule has 1 aromatic heterocycles. The van der Waals surface area contributed by atoms with Crippen molar-refractivity contribution in [1.29, 1.82) is 0 Å². The van der Waals surface area contributed by atoms with Gasteiger partial charge in [0.1, 0.15) is 0 Å². The van der Waals surface area contributed by atoms with Crippen LogP contribution in [0.3, 0.4) is 0 Å². The smallest absolute Gasteiger partial charge is 0.269 e. The normalized spacial score (nSPS) is 12.1. The van der Waals surface area contributed by atoms with Crippen molar-refractivity contribution in [3.05, 3.63) is 62.4 Å². The van der Waals surface area contributed by atoms with Crippen LogP contribution in [0.1, 0.15) is 25.8 Å². The maximum Gasteiger partial charge on any atom is 0.269 e. The van der Waals surface area contributed by atoms with Crippen molar-refractivity contribution in [1.82, 2.24) is 10.3 Å². The summed E-state index contributed by atoms with van der Waals surface area (Å²) < 4.78 is 0. The molecule has 1 heterocycles. The molecule has 1 atom stereocenters. The Hall–Kier alpha value is -2.47. The SMILES string of the molecule is CCC(C)NCc1ccc(-c2ccc([N+](=O)[O-])cc2)[nH]c1=O. The van der Waals surface area contributed by atoms with Crippen LogP contribution in [-0.4, -0.2) is 15.9 Å². The summed E-state index contributed by atoms with van der Waals surface area (Å²) in [5.41, 5.74) is 1.94. The topological polar surface area (TPSA) is 88.0 Å². The number of nitro benzene ring substituents is 1. The highest BCUT2D eigenvalue weighted by Gasteiger charge is 2.07. The van der Waals surface area contributed by atoms with Crippen LogP contribution in [0.2, 0.25) is 0 Å². The third-order valence-electron chi connectivity index (χ3n) is 3.63. The van der Waals surface area contributed by atoms with E-state index in [-0.39, 0.29) is 11.2 Å². The van der Waals surface area contributed by atoms with E-state index in [0.29, 0.717) is 23.8 Å². The summed E-state index contributed by atoms with van der Waals surface area (Å²) in [6.07, 6.45) is 0.999. The van der Waals surface area contributed by atoms with Crippen molar-refractivity contribution in [2.75, 3.05) is 0 Å². The van der Waals surface area contributed by atoms with Crippen LogP contribution in [0.5, 0.6) is 0 Å². The minimum atomic E-state index is -0.448. The number of benzene rings is 1. The number of nitrogens with one attached hydrogen (secondary N) is 2. The highest BCUT2D eigenvalue weighted by Crippen LogP contribution is 2.19. The number of aromatic nitrogens is 1. The summed E-state index contributed by atoms with van der Waals surface area (Å²) in [6.45, 7) is 4.67. The van der Waals surface area contributed by atoms with Crippen LogP contribution in [-0.2, 0) is 6.54 Å². The molecule has 6 heteroatoms. The van der Waals surface area contributed by atoms with E-state index in [0.717, 1.165) is 12.0 Å². The van der Waals surface area contributed by atoms with Gasteiger partial charge in [-0.05, 0) is 37.1 Å². The Labute approximate surface area is 128 Å². The molecule has 0 radical (unpaired) electrons. The molecule has 1 aromatic carbocycles. The Morgan fingerprint density at radius 2 is 1.91 bits per heavy atom. The number of rotatable bonds is 6. The summed E-state index contributed by atoms with van der Waals surface area (Å²) in [5, 5.41) is 13.9. The van der Waals surface area contributed by atoms with Crippen LogP contribution in [0.25, 0.3) is 11.3 Å². The van der Waals surface area contributed by atoms with Gasteiger partial charge in [0.2, 0.25) is 0 Å². The number of aromatic amines is 1. The first kappa shape index (κ1) is 15.9. The lowest BCUT2D eigenvalue weighted by Gasteiger charge is -2.11. The number of non-ortho nitro benzene ring substituents is 1. The first-order valence-corrected chi connectivity index (χ1v) is 7.21. The minimum Gasteiger partial charge on any atom is -0.322 e. The van der Waals surface area contributed by atoms with Crippen LogP contribution in [0, 0.1) is 10.1 Å². The lowest BCUT2D eigenvalue weighted by Crippen LogP contribution is -2.28. The zero-order valence-corrected chi connectivity index (χ0v) is 12.6. The number of H-pyrrole nitrogens is 1. The second kappa shape index (κ2) is 7.00. The molecule has 2 N–H and O–H groups in total. The average Bonchev–Trinajstić information content (AvgIpc) is 2.53. The Kier molecular flexibility index (Phi) is 5.06. The average molecular weight is 301 g/mol. The molecule has 0 bridgehead atoms. The summed E-state index contributed by atoms with van der Waals surface area (Å²) in [6, 6.07) is 10.0. The van der Waals surface area contributed by atoms with E-state index in [9.17, 15) is 14.9 Å². The monoisotopic (exact) mass is 301 g/mol. The van der Waals surface area contributed by atoms with Crippen molar-refractivity contribution in [3.63, 3.8) is 0 Å². The highest BCUT2D eigenvalue weighted by atomic mass is 16.6. The molecule has 6 nitrogen and oxygen atoms in total. The van der Waals surface area contributed by atoms with Gasteiger partial charge in [-0.3, -0.25) is 14.9 Å². The van der Waals surface area contributed by atoms with Crippen molar-refractivity contribution in [2.24, 2.45) is 0 Å². The van der Waals surface area contributed by atoms with Crippen molar-refractivity contribution in [2.45, 2.75) is 32.9 Å². The van der Waals surface area contributed by atoms with Gasteiger partial charge in [0.25, 0.3) is 11.2 Å². The molecule has 22 heavy (non-hydrogen) atoms. The molecule has 0 fully saturated rings. The fraction of sp³-hybridized carbons (Fsp3) is 0.312. The van der Waals surface area contributed by atoms with Gasteiger partial charge in [-0.2, -0.15) is 0 Å². The van der Waals surface area contributed by atoms with E-state index in [1.165, 1.54) is 12.1 Å². The van der Waals surface area contributed by atoms with Crippen molar-refractivity contribution < 1.29 is 4.92 Å². The second-order valence-corrected chi connectivity index (χ2v) is 5.22. The van der Waals surface area contributed by atoms with Crippen LogP contribution < -0.4 is 10.9 Å². The lowest BCUT2D eigenvalue weighted by atomic mass is 10.1. The molecule has 0 spiro atoms. The third kappa shape index (κ3) is 3.79. The largest absolute Gasteiger partial charge is 0.322 e. The first-order valence-electron chi connectivity index (χ1n) is 7.21. The highest BCUT2D eigenvalue weighted by molar-refractivity contribution is 5.60. The predicted octanol–water partition coefficient (Wildman–Crippen LogP) is 2.84. The fourth-order valence-electron chi connectivity index (χ4n) is 2.00. The van der Waals surface area contributed by atoms with Crippen LogP contribution in [0.15, 0.2) is 41.2 Å². The Bertz CT molecular complexity index is 707. The molecule has 0 amide bonds. The molecular formula is C16H19N3O3. The zero-order valence-electron chi connectivity index (χ0n) is 12.6. The van der Waals surface area contributed by atoms with Gasteiger partial charge < -0.3 is 10.3 Å². The summed E-state index contributed by atoms with van der Waals surface area (Å²) >= 11 is 0. The Morgan fingerprint density at radius 1 is 1.23 bits per heavy atom. The second-order valence-electron chi connectivity index (χ2n) is 5.22. The van der Waals surface area contributed by atoms with Crippen LogP contribution >= 0.6 is 0 Å². The third-order valence-corrected chi connectivity index (χ3v) is 3.63. The fourth-order valence-corrected chi connectivity index (χ4v) is 2.00. The standard InChI is InChI=1S/C16H19N3O3/c1-3-11(2)17-10-13-6-9-15(18-16(13)20)12-4-7-14(8-5-12)19(21)22/h4-9,11,17H,3,10H2,1-2H3,(H,18,20). The van der Waals surface area contributed by atoms with E-state index in [1.807, 2.05) is 6.07 Å². The quantitative estimate of drug-likeness (QED) is 0.634. The molecule has 0 aliphatic carbocycles. The van der Waals surface area contributed by atoms with Crippen molar-refractivity contribution in [3.8, 4) is 11.3 Å². The Balaban J connectivity index is 2.18. The number of nitro groups is 1. The van der Waals surface area contributed by atoms with Gasteiger partial charge >= 0.3 is 0 Å². The predicted molar refractivity (Wildman–Crippen MR) is 85.7 cm³/mol. The summed E-state index contributed by atoms with van der Waals surface area (Å²) in [4.78, 5) is 25.1. The first-order chi connectivity index (χ1) is 10.5. The number of pyridine rings is 1. The maximum absolute atomic E-state index is 12.1. The molecule has 0 aliphatic heterocycles. The maximum atomic E-state index is 12.1. The molecule has 0 aliphatic rings. The van der Waals surface area contributed by atoms with Gasteiger partial charge in [-0.25, -0.2) is 0 Å². The van der Waals surface area contributed by atoms with Gasteiger partial charge in [0, 0.05) is 36.0 Å². The van der Waals surface area contributed by atoms with Crippen molar-refractivity contribution >= 4 is 5.69 Å². The lowest BCUT2D eigenvalue weighted by molar-refractivity contribution is -0.384. The number of nitrogens with zero attached hydrogens (tertiary/aromatic N) is 1. The summed E-state index contributed by atoms with van der Waals surface area (Å²) in [7, 11) is 0. The molecule has 2 rings (SSSR count). The van der Waals surface area contributed by atoms with E-state index < -0.39 is 4.92 Å². The molecular weight excluding hydrogens is 282 g/mol. The molecule has 2 aromatic rings. The number of hydrogen-bond acceptors (Lipinski definition) is 4.